The maximum atomic E-state index is 5.87. The fourth-order valence-electron chi connectivity index (χ4n) is 1.64. The molecule has 1 aromatic carbocycles. The second kappa shape index (κ2) is 5.40. The third kappa shape index (κ3) is 2.91. The van der Waals surface area contributed by atoms with Crippen LogP contribution in [0.25, 0.3) is 0 Å². The molecule has 0 saturated heterocycles. The van der Waals surface area contributed by atoms with E-state index in [4.69, 9.17) is 15.2 Å². The predicted octanol–water partition coefficient (Wildman–Crippen LogP) is 2.56. The minimum absolute atomic E-state index is 0.450. The van der Waals surface area contributed by atoms with Gasteiger partial charge in [0, 0.05) is 24.0 Å². The molecule has 0 fully saturated rings. The molecule has 4 heteroatoms. The van der Waals surface area contributed by atoms with E-state index in [2.05, 4.69) is 4.98 Å². The van der Waals surface area contributed by atoms with Crippen molar-refractivity contribution < 1.29 is 9.47 Å². The molecule has 0 aliphatic heterocycles. The van der Waals surface area contributed by atoms with E-state index < -0.39 is 0 Å². The Bertz CT molecular complexity index is 541. The van der Waals surface area contributed by atoms with Crippen molar-refractivity contribution in [1.82, 2.24) is 4.98 Å². The first-order chi connectivity index (χ1) is 8.69. The Morgan fingerprint density at radius 2 is 2.06 bits per heavy atom. The number of pyridine rings is 1. The van der Waals surface area contributed by atoms with E-state index in [9.17, 15) is 0 Å². The minimum atomic E-state index is 0.450. The molecule has 0 aliphatic carbocycles. The quantitative estimate of drug-likeness (QED) is 0.840. The molecule has 0 bridgehead atoms. The summed E-state index contributed by atoms with van der Waals surface area (Å²) in [4.78, 5) is 4.12. The number of methoxy groups -OCH3 is 1. The molecule has 0 amide bonds. The first-order valence-corrected chi connectivity index (χ1v) is 5.66. The number of hydrogen-bond acceptors (Lipinski definition) is 4. The highest BCUT2D eigenvalue weighted by atomic mass is 16.5. The molecule has 0 spiro atoms. The van der Waals surface area contributed by atoms with Crippen molar-refractivity contribution in [3.8, 4) is 11.5 Å². The Morgan fingerprint density at radius 3 is 2.72 bits per heavy atom. The summed E-state index contributed by atoms with van der Waals surface area (Å²) in [6.45, 7) is 2.45. The molecule has 1 aromatic heterocycles. The van der Waals surface area contributed by atoms with E-state index in [1.807, 2.05) is 25.3 Å². The first-order valence-electron chi connectivity index (χ1n) is 5.66. The van der Waals surface area contributed by atoms with Crippen molar-refractivity contribution in [3.63, 3.8) is 0 Å². The van der Waals surface area contributed by atoms with Gasteiger partial charge in [0.25, 0.3) is 0 Å². The second-order valence-corrected chi connectivity index (χ2v) is 4.06. The van der Waals surface area contributed by atoms with Crippen molar-refractivity contribution in [3.05, 3.63) is 47.8 Å². The summed E-state index contributed by atoms with van der Waals surface area (Å²) in [5, 5.41) is 0. The van der Waals surface area contributed by atoms with E-state index in [1.165, 1.54) is 0 Å². The van der Waals surface area contributed by atoms with Crippen LogP contribution < -0.4 is 15.2 Å². The average molecular weight is 244 g/mol. The van der Waals surface area contributed by atoms with Crippen LogP contribution in [-0.2, 0) is 6.61 Å². The van der Waals surface area contributed by atoms with Crippen LogP contribution in [0.4, 0.5) is 5.69 Å². The van der Waals surface area contributed by atoms with Crippen LogP contribution in [0, 0.1) is 6.92 Å². The Morgan fingerprint density at radius 1 is 1.22 bits per heavy atom. The van der Waals surface area contributed by atoms with E-state index >= 15 is 0 Å². The van der Waals surface area contributed by atoms with Gasteiger partial charge in [0.1, 0.15) is 18.1 Å². The smallest absolute Gasteiger partial charge is 0.142 e. The lowest BCUT2D eigenvalue weighted by Gasteiger charge is -2.10. The fourth-order valence-corrected chi connectivity index (χ4v) is 1.64. The van der Waals surface area contributed by atoms with Crippen LogP contribution in [-0.4, -0.2) is 12.1 Å². The number of benzene rings is 1. The summed E-state index contributed by atoms with van der Waals surface area (Å²) in [5.41, 5.74) is 8.56. The van der Waals surface area contributed by atoms with Crippen LogP contribution in [0.2, 0.25) is 0 Å². The normalized spacial score (nSPS) is 10.1. The van der Waals surface area contributed by atoms with Gasteiger partial charge in [-0.3, -0.25) is 4.98 Å². The van der Waals surface area contributed by atoms with E-state index in [0.717, 1.165) is 16.9 Å². The van der Waals surface area contributed by atoms with Gasteiger partial charge >= 0.3 is 0 Å². The molecular weight excluding hydrogens is 228 g/mol. The zero-order valence-corrected chi connectivity index (χ0v) is 10.5. The largest absolute Gasteiger partial charge is 0.497 e. The van der Waals surface area contributed by atoms with Crippen LogP contribution in [0.5, 0.6) is 11.5 Å². The molecule has 2 rings (SSSR count). The Hall–Kier alpha value is -2.23. The molecular formula is C14H16N2O2. The summed E-state index contributed by atoms with van der Waals surface area (Å²) in [5.74, 6) is 1.37. The number of nitrogens with two attached hydrogens (primary N) is 1. The van der Waals surface area contributed by atoms with Gasteiger partial charge in [-0.1, -0.05) is 0 Å². The molecule has 4 nitrogen and oxygen atoms in total. The fraction of sp³-hybridized carbons (Fsp3) is 0.214. The first kappa shape index (κ1) is 12.2. The summed E-state index contributed by atoms with van der Waals surface area (Å²) in [6, 6.07) is 7.40. The van der Waals surface area contributed by atoms with Crippen LogP contribution >= 0.6 is 0 Å². The number of hydrogen-bond donors (Lipinski definition) is 1. The van der Waals surface area contributed by atoms with Gasteiger partial charge in [0.2, 0.25) is 0 Å². The lowest BCUT2D eigenvalue weighted by molar-refractivity contribution is 0.306. The topological polar surface area (TPSA) is 57.4 Å². The number of nitrogen functional groups attached to an aromatic ring is 1. The average Bonchev–Trinajstić information content (AvgIpc) is 2.37. The summed E-state index contributed by atoms with van der Waals surface area (Å²) >= 11 is 0. The second-order valence-electron chi connectivity index (χ2n) is 4.06. The Labute approximate surface area is 106 Å². The lowest BCUT2D eigenvalue weighted by Crippen LogP contribution is -2.00. The molecule has 0 radical (unpaired) electrons. The monoisotopic (exact) mass is 244 g/mol. The third-order valence-electron chi connectivity index (χ3n) is 2.54. The lowest BCUT2D eigenvalue weighted by atomic mass is 10.2. The number of nitrogens with zero attached hydrogens (tertiary/aromatic N) is 1. The van der Waals surface area contributed by atoms with Gasteiger partial charge in [-0.15, -0.1) is 0 Å². The van der Waals surface area contributed by atoms with Crippen molar-refractivity contribution in [2.45, 2.75) is 13.5 Å². The highest BCUT2D eigenvalue weighted by molar-refractivity contribution is 5.56. The van der Waals surface area contributed by atoms with Gasteiger partial charge in [0.05, 0.1) is 12.8 Å². The molecule has 0 unspecified atom stereocenters. The zero-order chi connectivity index (χ0) is 13.0. The molecule has 2 N–H and O–H groups in total. The third-order valence-corrected chi connectivity index (χ3v) is 2.54. The maximum Gasteiger partial charge on any atom is 0.142 e. The number of aryl methyl sites for hydroxylation is 1. The molecule has 18 heavy (non-hydrogen) atoms. The van der Waals surface area contributed by atoms with Crippen molar-refractivity contribution in [2.75, 3.05) is 12.8 Å². The molecule has 2 aromatic rings. The van der Waals surface area contributed by atoms with E-state index in [0.29, 0.717) is 18.0 Å². The van der Waals surface area contributed by atoms with Gasteiger partial charge in [0.15, 0.2) is 0 Å². The number of ether oxygens (including phenoxy) is 2. The molecule has 0 saturated carbocycles. The number of rotatable bonds is 4. The Kier molecular flexibility index (Phi) is 3.67. The molecule has 0 aliphatic rings. The minimum Gasteiger partial charge on any atom is -0.497 e. The van der Waals surface area contributed by atoms with Crippen LogP contribution in [0.3, 0.4) is 0 Å². The SMILES string of the molecule is COc1ccc(OCc2cncc(C)c2)c(N)c1. The van der Waals surface area contributed by atoms with Crippen LogP contribution in [0.15, 0.2) is 36.7 Å². The predicted molar refractivity (Wildman–Crippen MR) is 70.7 cm³/mol. The van der Waals surface area contributed by atoms with Gasteiger partial charge in [-0.25, -0.2) is 0 Å². The van der Waals surface area contributed by atoms with E-state index in [1.54, 1.807) is 25.4 Å². The number of aromatic nitrogens is 1. The standard InChI is InChI=1S/C14H16N2O2/c1-10-5-11(8-16-7-10)9-18-14-4-3-12(17-2)6-13(14)15/h3-8H,9,15H2,1-2H3. The highest BCUT2D eigenvalue weighted by Crippen LogP contribution is 2.26. The molecule has 0 atom stereocenters. The maximum absolute atomic E-state index is 5.87. The van der Waals surface area contributed by atoms with Gasteiger partial charge < -0.3 is 15.2 Å². The van der Waals surface area contributed by atoms with Crippen molar-refractivity contribution in [1.29, 1.82) is 0 Å². The number of anilines is 1. The molecule has 1 heterocycles. The summed E-state index contributed by atoms with van der Waals surface area (Å²) < 4.78 is 10.7. The highest BCUT2D eigenvalue weighted by Gasteiger charge is 2.03. The Balaban J connectivity index is 2.06. The summed E-state index contributed by atoms with van der Waals surface area (Å²) in [6.07, 6.45) is 3.60. The van der Waals surface area contributed by atoms with Crippen molar-refractivity contribution in [2.24, 2.45) is 0 Å². The van der Waals surface area contributed by atoms with Crippen molar-refractivity contribution >= 4 is 5.69 Å². The van der Waals surface area contributed by atoms with E-state index in [-0.39, 0.29) is 0 Å². The van der Waals surface area contributed by atoms with Gasteiger partial charge in [-0.2, -0.15) is 0 Å². The van der Waals surface area contributed by atoms with Crippen LogP contribution in [0.1, 0.15) is 11.1 Å². The summed E-state index contributed by atoms with van der Waals surface area (Å²) in [7, 11) is 1.60. The van der Waals surface area contributed by atoms with Gasteiger partial charge in [-0.05, 0) is 30.7 Å². The zero-order valence-electron chi connectivity index (χ0n) is 10.5. The molecule has 94 valence electrons.